The third kappa shape index (κ3) is 4.01. The van der Waals surface area contributed by atoms with Gasteiger partial charge in [-0.15, -0.1) is 0 Å². The minimum absolute atomic E-state index is 0.687. The largest absolute Gasteiger partial charge is 0.351 e. The second kappa shape index (κ2) is 7.57. The van der Waals surface area contributed by atoms with Crippen molar-refractivity contribution in [2.75, 3.05) is 25.9 Å². The number of hydrogen-bond donors (Lipinski definition) is 1. The van der Waals surface area contributed by atoms with Crippen molar-refractivity contribution in [1.82, 2.24) is 19.6 Å². The van der Waals surface area contributed by atoms with E-state index < -0.39 is 0 Å². The van der Waals surface area contributed by atoms with Gasteiger partial charge < -0.3 is 14.6 Å². The predicted octanol–water partition coefficient (Wildman–Crippen LogP) is 3.00. The minimum atomic E-state index is 0.687. The molecule has 0 aliphatic carbocycles. The fourth-order valence-electron chi connectivity index (χ4n) is 2.76. The van der Waals surface area contributed by atoms with Crippen molar-refractivity contribution in [2.24, 2.45) is 4.99 Å². The second-order valence-electron chi connectivity index (χ2n) is 5.59. The highest BCUT2D eigenvalue weighted by molar-refractivity contribution is 9.10. The summed E-state index contributed by atoms with van der Waals surface area (Å²) in [6, 6.07) is 4.02. The van der Waals surface area contributed by atoms with Crippen molar-refractivity contribution in [1.29, 1.82) is 0 Å². The van der Waals surface area contributed by atoms with E-state index in [4.69, 9.17) is 0 Å². The number of aliphatic imine (C=N–C) groups is 1. The molecule has 23 heavy (non-hydrogen) atoms. The first-order chi connectivity index (χ1) is 11.2. The zero-order chi connectivity index (χ0) is 16.2. The number of nitrogens with one attached hydrogen (secondary N) is 1. The summed E-state index contributed by atoms with van der Waals surface area (Å²) in [7, 11) is 1.85. The molecule has 1 aliphatic rings. The molecule has 0 radical (unpaired) electrons. The first kappa shape index (κ1) is 16.6. The Balaban J connectivity index is 1.65. The van der Waals surface area contributed by atoms with Gasteiger partial charge >= 0.3 is 0 Å². The van der Waals surface area contributed by atoms with Gasteiger partial charge in [0.1, 0.15) is 5.65 Å². The Kier molecular flexibility index (Phi) is 5.48. The molecule has 124 valence electrons. The smallest absolute Gasteiger partial charge is 0.194 e. The third-order valence-corrected chi connectivity index (χ3v) is 5.84. The van der Waals surface area contributed by atoms with Gasteiger partial charge in [0.15, 0.2) is 5.96 Å². The molecule has 1 unspecified atom stereocenters. The lowest BCUT2D eigenvalue weighted by Gasteiger charge is -2.34. The number of hydrogen-bond acceptors (Lipinski definition) is 3. The zero-order valence-corrected chi connectivity index (χ0v) is 15.9. The molecule has 0 bridgehead atoms. The van der Waals surface area contributed by atoms with E-state index >= 15 is 0 Å². The first-order valence-electron chi connectivity index (χ1n) is 7.90. The number of aromatic nitrogens is 2. The first-order valence-corrected chi connectivity index (χ1v) is 9.74. The number of nitrogens with zero attached hydrogens (tertiary/aromatic N) is 4. The van der Waals surface area contributed by atoms with Gasteiger partial charge in [-0.2, -0.15) is 11.8 Å². The number of rotatable bonds is 3. The highest BCUT2D eigenvalue weighted by Gasteiger charge is 2.21. The topological polar surface area (TPSA) is 44.9 Å². The maximum absolute atomic E-state index is 4.64. The van der Waals surface area contributed by atoms with Gasteiger partial charge in [-0.25, -0.2) is 4.98 Å². The van der Waals surface area contributed by atoms with Crippen LogP contribution in [0.25, 0.3) is 5.65 Å². The van der Waals surface area contributed by atoms with Crippen LogP contribution >= 0.6 is 27.7 Å². The normalized spacial score (nSPS) is 19.3. The molecule has 1 saturated heterocycles. The van der Waals surface area contributed by atoms with E-state index in [0.717, 1.165) is 34.9 Å². The van der Waals surface area contributed by atoms with Crippen LogP contribution in [-0.4, -0.2) is 51.4 Å². The molecule has 1 fully saturated rings. The highest BCUT2D eigenvalue weighted by Crippen LogP contribution is 2.21. The zero-order valence-electron chi connectivity index (χ0n) is 13.5. The molecule has 5 nitrogen and oxygen atoms in total. The van der Waals surface area contributed by atoms with E-state index in [9.17, 15) is 0 Å². The third-order valence-electron chi connectivity index (χ3n) is 4.00. The number of thioether (sulfide) groups is 1. The quantitative estimate of drug-likeness (QED) is 0.640. The summed E-state index contributed by atoms with van der Waals surface area (Å²) < 4.78 is 3.09. The van der Waals surface area contributed by atoms with E-state index in [0.29, 0.717) is 11.8 Å². The summed E-state index contributed by atoms with van der Waals surface area (Å²) in [6.45, 7) is 5.07. The lowest BCUT2D eigenvalue weighted by atomic mass is 10.3. The minimum Gasteiger partial charge on any atom is -0.351 e. The molecule has 1 atom stereocenters. The van der Waals surface area contributed by atoms with Crippen LogP contribution in [0.15, 0.2) is 34.0 Å². The van der Waals surface area contributed by atoms with Gasteiger partial charge in [0.2, 0.25) is 0 Å². The molecule has 1 aliphatic heterocycles. The van der Waals surface area contributed by atoms with Gasteiger partial charge in [-0.05, 0) is 34.5 Å². The van der Waals surface area contributed by atoms with E-state index in [-0.39, 0.29) is 0 Å². The average molecular weight is 396 g/mol. The Morgan fingerprint density at radius 2 is 2.35 bits per heavy atom. The Morgan fingerprint density at radius 3 is 3.13 bits per heavy atom. The van der Waals surface area contributed by atoms with Crippen LogP contribution in [0.2, 0.25) is 0 Å². The van der Waals surface area contributed by atoms with Gasteiger partial charge in [-0.1, -0.05) is 6.92 Å². The summed E-state index contributed by atoms with van der Waals surface area (Å²) in [5.74, 6) is 2.14. The molecule has 0 aromatic carbocycles. The molecule has 0 amide bonds. The molecule has 0 saturated carbocycles. The molecule has 2 aromatic heterocycles. The Bertz CT molecular complexity index is 699. The summed E-state index contributed by atoms with van der Waals surface area (Å²) in [4.78, 5) is 11.4. The van der Waals surface area contributed by atoms with Crippen LogP contribution < -0.4 is 5.32 Å². The van der Waals surface area contributed by atoms with Crippen molar-refractivity contribution in [2.45, 2.75) is 25.1 Å². The van der Waals surface area contributed by atoms with Crippen molar-refractivity contribution >= 4 is 39.3 Å². The summed E-state index contributed by atoms with van der Waals surface area (Å²) in [6.07, 6.45) is 5.29. The van der Waals surface area contributed by atoms with Crippen LogP contribution in [-0.2, 0) is 6.54 Å². The lowest BCUT2D eigenvalue weighted by Crippen LogP contribution is -2.47. The van der Waals surface area contributed by atoms with E-state index in [1.165, 1.54) is 12.2 Å². The molecule has 1 N–H and O–H groups in total. The van der Waals surface area contributed by atoms with E-state index in [2.05, 4.69) is 61.0 Å². The predicted molar refractivity (Wildman–Crippen MR) is 101 cm³/mol. The number of halogens is 1. The maximum Gasteiger partial charge on any atom is 0.194 e. The van der Waals surface area contributed by atoms with E-state index in [1.54, 1.807) is 0 Å². The van der Waals surface area contributed by atoms with Crippen LogP contribution in [0.3, 0.4) is 0 Å². The van der Waals surface area contributed by atoms with Crippen molar-refractivity contribution in [3.05, 3.63) is 34.7 Å². The van der Waals surface area contributed by atoms with Crippen molar-refractivity contribution in [3.8, 4) is 0 Å². The van der Waals surface area contributed by atoms with Crippen LogP contribution in [0.1, 0.15) is 19.0 Å². The molecule has 7 heteroatoms. The fraction of sp³-hybridized carbons (Fsp3) is 0.500. The summed E-state index contributed by atoms with van der Waals surface area (Å²) in [5.41, 5.74) is 1.98. The number of fused-ring (bicyclic) bond motifs is 1. The number of guanidine groups is 1. The molecular weight excluding hydrogens is 374 g/mol. The van der Waals surface area contributed by atoms with Gasteiger partial charge in [0, 0.05) is 48.0 Å². The fourth-order valence-corrected chi connectivity index (χ4v) is 4.30. The summed E-state index contributed by atoms with van der Waals surface area (Å²) >= 11 is 5.56. The molecule has 0 spiro atoms. The number of pyridine rings is 1. The van der Waals surface area contributed by atoms with Crippen LogP contribution in [0.5, 0.6) is 0 Å². The second-order valence-corrected chi connectivity index (χ2v) is 7.92. The highest BCUT2D eigenvalue weighted by atomic mass is 79.9. The lowest BCUT2D eigenvalue weighted by molar-refractivity contribution is 0.408. The average Bonchev–Trinajstić information content (AvgIpc) is 2.97. The SMILES string of the molecule is CCC1CN(C(=NC)NCc2cn3cc(Br)ccc3n2)CCS1. The van der Waals surface area contributed by atoms with Gasteiger partial charge in [-0.3, -0.25) is 4.99 Å². The van der Waals surface area contributed by atoms with Crippen molar-refractivity contribution in [3.63, 3.8) is 0 Å². The van der Waals surface area contributed by atoms with Gasteiger partial charge in [0.25, 0.3) is 0 Å². The van der Waals surface area contributed by atoms with Gasteiger partial charge in [0.05, 0.1) is 12.2 Å². The standard InChI is InChI=1S/C16H22BrN5S/c1-3-14-11-21(6-7-23-14)16(18-2)19-8-13-10-22-9-12(17)4-5-15(22)20-13/h4-5,9-10,14H,3,6-8,11H2,1-2H3,(H,18,19). The Hall–Kier alpha value is -1.21. The van der Waals surface area contributed by atoms with Crippen LogP contribution in [0, 0.1) is 0 Å². The molecule has 2 aromatic rings. The number of imidazole rings is 1. The van der Waals surface area contributed by atoms with Crippen molar-refractivity contribution < 1.29 is 0 Å². The molecular formula is C16H22BrN5S. The Labute approximate surface area is 149 Å². The Morgan fingerprint density at radius 1 is 1.48 bits per heavy atom. The summed E-state index contributed by atoms with van der Waals surface area (Å²) in [5, 5.41) is 4.16. The molecule has 3 heterocycles. The van der Waals surface area contributed by atoms with E-state index in [1.807, 2.05) is 29.8 Å². The molecule has 3 rings (SSSR count). The monoisotopic (exact) mass is 395 g/mol. The van der Waals surface area contributed by atoms with Crippen LogP contribution in [0.4, 0.5) is 0 Å². The maximum atomic E-state index is 4.64.